The summed E-state index contributed by atoms with van der Waals surface area (Å²) in [5.41, 5.74) is 0.0972. The number of carbonyl (C=O) groups excluding carboxylic acids is 2. The molecule has 2 N–H and O–H groups in total. The van der Waals surface area contributed by atoms with Crippen molar-refractivity contribution in [3.63, 3.8) is 0 Å². The van der Waals surface area contributed by atoms with Gasteiger partial charge in [0.1, 0.15) is 0 Å². The van der Waals surface area contributed by atoms with E-state index >= 15 is 0 Å². The Labute approximate surface area is 134 Å². The molecule has 1 fully saturated rings. The third kappa shape index (κ3) is 4.11. The van der Waals surface area contributed by atoms with Crippen molar-refractivity contribution < 1.29 is 9.59 Å². The second kappa shape index (κ2) is 5.85. The first kappa shape index (κ1) is 16.1. The Balaban J connectivity index is 1.96. The van der Waals surface area contributed by atoms with Crippen molar-refractivity contribution in [2.75, 3.05) is 5.32 Å². The van der Waals surface area contributed by atoms with E-state index < -0.39 is 0 Å². The van der Waals surface area contributed by atoms with Crippen molar-refractivity contribution in [1.82, 2.24) is 5.32 Å². The van der Waals surface area contributed by atoms with Crippen LogP contribution in [-0.2, 0) is 9.59 Å². The van der Waals surface area contributed by atoms with Crippen molar-refractivity contribution in [3.8, 4) is 0 Å². The monoisotopic (exact) mass is 328 g/mol. The Morgan fingerprint density at radius 2 is 1.62 bits per heavy atom. The first-order valence-electron chi connectivity index (χ1n) is 6.76. The van der Waals surface area contributed by atoms with Crippen LogP contribution in [0.25, 0.3) is 0 Å². The van der Waals surface area contributed by atoms with Crippen LogP contribution in [0.2, 0.25) is 10.0 Å². The minimum atomic E-state index is -0.320. The van der Waals surface area contributed by atoms with E-state index in [0.29, 0.717) is 22.2 Å². The molecule has 1 aliphatic rings. The molecular weight excluding hydrogens is 311 g/mol. The number of carbonyl (C=O) groups is 2. The molecule has 1 saturated carbocycles. The Hall–Kier alpha value is -1.26. The van der Waals surface area contributed by atoms with Crippen LogP contribution in [0.4, 0.5) is 5.69 Å². The lowest BCUT2D eigenvalue weighted by molar-refractivity contribution is -0.126. The van der Waals surface area contributed by atoms with Gasteiger partial charge in [0.25, 0.3) is 0 Å². The Morgan fingerprint density at radius 3 is 2.14 bits per heavy atom. The molecule has 114 valence electrons. The Bertz CT molecular complexity index is 561. The molecule has 0 bridgehead atoms. The molecule has 6 heteroatoms. The van der Waals surface area contributed by atoms with Gasteiger partial charge in [-0.2, -0.15) is 0 Å². The zero-order valence-corrected chi connectivity index (χ0v) is 13.7. The summed E-state index contributed by atoms with van der Waals surface area (Å²) in [6, 6.07) is 5.01. The number of amides is 2. The zero-order chi connectivity index (χ0) is 15.8. The minimum Gasteiger partial charge on any atom is -0.351 e. The maximum Gasteiger partial charge on any atom is 0.228 e. The van der Waals surface area contributed by atoms with E-state index in [4.69, 9.17) is 23.2 Å². The normalized spacial score (nSPS) is 20.8. The fourth-order valence-corrected chi connectivity index (χ4v) is 2.56. The topological polar surface area (TPSA) is 58.2 Å². The summed E-state index contributed by atoms with van der Waals surface area (Å²) >= 11 is 12.0. The molecule has 0 radical (unpaired) electrons. The second-order valence-corrected chi connectivity index (χ2v) is 7.09. The molecule has 2 unspecified atom stereocenters. The third-order valence-electron chi connectivity index (χ3n) is 3.17. The summed E-state index contributed by atoms with van der Waals surface area (Å²) in [4.78, 5) is 24.1. The molecular formula is C15H18Cl2N2O2. The maximum absolute atomic E-state index is 12.2. The highest BCUT2D eigenvalue weighted by Gasteiger charge is 2.48. The van der Waals surface area contributed by atoms with Gasteiger partial charge in [-0.15, -0.1) is 0 Å². The average Bonchev–Trinajstić information content (AvgIpc) is 3.12. The molecule has 21 heavy (non-hydrogen) atoms. The van der Waals surface area contributed by atoms with Crippen LogP contribution in [-0.4, -0.2) is 17.4 Å². The first-order valence-corrected chi connectivity index (χ1v) is 7.51. The smallest absolute Gasteiger partial charge is 0.228 e. The highest BCUT2D eigenvalue weighted by atomic mass is 35.5. The SMILES string of the molecule is CC(C)(C)NC(=O)C1CC1C(=O)Nc1c(Cl)cccc1Cl. The average molecular weight is 329 g/mol. The van der Waals surface area contributed by atoms with Gasteiger partial charge in [0.05, 0.1) is 27.6 Å². The lowest BCUT2D eigenvalue weighted by atomic mass is 10.1. The van der Waals surface area contributed by atoms with Gasteiger partial charge < -0.3 is 10.6 Å². The van der Waals surface area contributed by atoms with Gasteiger partial charge in [-0.1, -0.05) is 29.3 Å². The number of nitrogens with one attached hydrogen (secondary N) is 2. The molecule has 2 rings (SSSR count). The van der Waals surface area contributed by atoms with Crippen LogP contribution in [0.5, 0.6) is 0 Å². The highest BCUT2D eigenvalue weighted by molar-refractivity contribution is 6.39. The largest absolute Gasteiger partial charge is 0.351 e. The number of benzene rings is 1. The van der Waals surface area contributed by atoms with Crippen molar-refractivity contribution >= 4 is 40.7 Å². The van der Waals surface area contributed by atoms with Crippen LogP contribution in [0.3, 0.4) is 0 Å². The number of hydrogen-bond acceptors (Lipinski definition) is 2. The quantitative estimate of drug-likeness (QED) is 0.892. The molecule has 0 saturated heterocycles. The Kier molecular flexibility index (Phi) is 4.49. The van der Waals surface area contributed by atoms with E-state index in [-0.39, 0.29) is 29.2 Å². The number of hydrogen-bond donors (Lipinski definition) is 2. The zero-order valence-electron chi connectivity index (χ0n) is 12.2. The van der Waals surface area contributed by atoms with E-state index in [2.05, 4.69) is 10.6 Å². The summed E-state index contributed by atoms with van der Waals surface area (Å²) in [7, 11) is 0. The van der Waals surface area contributed by atoms with Crippen LogP contribution < -0.4 is 10.6 Å². The van der Waals surface area contributed by atoms with Gasteiger partial charge in [0.15, 0.2) is 0 Å². The lowest BCUT2D eigenvalue weighted by Crippen LogP contribution is -2.42. The highest BCUT2D eigenvalue weighted by Crippen LogP contribution is 2.41. The molecule has 0 aromatic heterocycles. The predicted molar refractivity (Wildman–Crippen MR) is 84.6 cm³/mol. The van der Waals surface area contributed by atoms with E-state index in [1.807, 2.05) is 20.8 Å². The van der Waals surface area contributed by atoms with E-state index in [1.165, 1.54) is 0 Å². The fraction of sp³-hybridized carbons (Fsp3) is 0.467. The minimum absolute atomic E-state index is 0.0899. The van der Waals surface area contributed by atoms with Crippen molar-refractivity contribution in [1.29, 1.82) is 0 Å². The second-order valence-electron chi connectivity index (χ2n) is 6.27. The standard InChI is InChI=1S/C15H18Cl2N2O2/c1-15(2,3)19-14(21)9-7-8(9)13(20)18-12-10(16)5-4-6-11(12)17/h4-6,8-9H,7H2,1-3H3,(H,18,20)(H,19,21). The van der Waals surface area contributed by atoms with Crippen LogP contribution >= 0.6 is 23.2 Å². The van der Waals surface area contributed by atoms with Crippen LogP contribution in [0.15, 0.2) is 18.2 Å². The van der Waals surface area contributed by atoms with Crippen molar-refractivity contribution in [2.24, 2.45) is 11.8 Å². The summed E-state index contributed by atoms with van der Waals surface area (Å²) < 4.78 is 0. The van der Waals surface area contributed by atoms with Crippen molar-refractivity contribution in [2.45, 2.75) is 32.7 Å². The van der Waals surface area contributed by atoms with Gasteiger partial charge in [-0.05, 0) is 39.3 Å². The molecule has 0 spiro atoms. The maximum atomic E-state index is 12.2. The van der Waals surface area contributed by atoms with Gasteiger partial charge >= 0.3 is 0 Å². The van der Waals surface area contributed by atoms with Gasteiger partial charge in [0.2, 0.25) is 11.8 Å². The Morgan fingerprint density at radius 1 is 1.10 bits per heavy atom. The van der Waals surface area contributed by atoms with Crippen LogP contribution in [0.1, 0.15) is 27.2 Å². The molecule has 2 amide bonds. The van der Waals surface area contributed by atoms with E-state index in [0.717, 1.165) is 0 Å². The lowest BCUT2D eigenvalue weighted by Gasteiger charge is -2.20. The predicted octanol–water partition coefficient (Wildman–Crippen LogP) is 3.48. The summed E-state index contributed by atoms with van der Waals surface area (Å²) in [6.45, 7) is 5.73. The summed E-state index contributed by atoms with van der Waals surface area (Å²) in [6.07, 6.45) is 0.551. The molecule has 0 aliphatic heterocycles. The van der Waals surface area contributed by atoms with Crippen LogP contribution in [0, 0.1) is 11.8 Å². The summed E-state index contributed by atoms with van der Waals surface area (Å²) in [5, 5.41) is 6.35. The molecule has 1 aromatic rings. The number of halogens is 2. The number of anilines is 1. The molecule has 1 aromatic carbocycles. The molecule has 2 atom stereocenters. The van der Waals surface area contributed by atoms with Gasteiger partial charge in [-0.3, -0.25) is 9.59 Å². The van der Waals surface area contributed by atoms with E-state index in [9.17, 15) is 9.59 Å². The fourth-order valence-electron chi connectivity index (χ4n) is 2.07. The number of rotatable bonds is 3. The van der Waals surface area contributed by atoms with Gasteiger partial charge in [0, 0.05) is 5.54 Å². The first-order chi connectivity index (χ1) is 9.69. The summed E-state index contributed by atoms with van der Waals surface area (Å²) in [5.74, 6) is -0.905. The molecule has 1 aliphatic carbocycles. The van der Waals surface area contributed by atoms with Crippen molar-refractivity contribution in [3.05, 3.63) is 28.2 Å². The van der Waals surface area contributed by atoms with Gasteiger partial charge in [-0.25, -0.2) is 0 Å². The molecule has 4 nitrogen and oxygen atoms in total. The molecule has 0 heterocycles. The van der Waals surface area contributed by atoms with E-state index in [1.54, 1.807) is 18.2 Å². The number of para-hydroxylation sites is 1. The third-order valence-corrected chi connectivity index (χ3v) is 3.80.